The Morgan fingerprint density at radius 1 is 1.50 bits per heavy atom. The first-order chi connectivity index (χ1) is 10.6. The van der Waals surface area contributed by atoms with Crippen LogP contribution in [0.5, 0.6) is 0 Å². The Kier molecular flexibility index (Phi) is 3.78. The summed E-state index contributed by atoms with van der Waals surface area (Å²) in [5.41, 5.74) is -0.425. The van der Waals surface area contributed by atoms with Crippen LogP contribution >= 0.6 is 0 Å². The smallest absolute Gasteiger partial charge is 0.339 e. The maximum Gasteiger partial charge on any atom is 0.343 e. The van der Waals surface area contributed by atoms with Crippen molar-refractivity contribution in [1.82, 2.24) is 29.8 Å². The molecule has 0 atom stereocenters. The first kappa shape index (κ1) is 14.5. The van der Waals surface area contributed by atoms with Gasteiger partial charge in [0.25, 0.3) is 5.91 Å². The second-order valence-electron chi connectivity index (χ2n) is 5.40. The van der Waals surface area contributed by atoms with E-state index in [9.17, 15) is 9.59 Å². The zero-order valence-electron chi connectivity index (χ0n) is 12.6. The minimum Gasteiger partial charge on any atom is -0.339 e. The molecule has 1 saturated carbocycles. The second kappa shape index (κ2) is 5.74. The Morgan fingerprint density at radius 2 is 2.27 bits per heavy atom. The van der Waals surface area contributed by atoms with Crippen LogP contribution in [0.25, 0.3) is 0 Å². The highest BCUT2D eigenvalue weighted by Crippen LogP contribution is 2.35. The highest BCUT2D eigenvalue weighted by Gasteiger charge is 2.26. The Balaban J connectivity index is 1.72. The molecule has 9 heteroatoms. The molecule has 118 valence electrons. The highest BCUT2D eigenvalue weighted by molar-refractivity contribution is 5.90. The number of amides is 1. The van der Waals surface area contributed by atoms with Gasteiger partial charge in [-0.3, -0.25) is 9.78 Å². The van der Waals surface area contributed by atoms with E-state index in [0.717, 1.165) is 17.5 Å². The summed E-state index contributed by atoms with van der Waals surface area (Å²) < 4.78 is 6.33. The Labute approximate surface area is 126 Å². The van der Waals surface area contributed by atoms with Crippen molar-refractivity contribution in [1.29, 1.82) is 0 Å². The van der Waals surface area contributed by atoms with Gasteiger partial charge in [0.2, 0.25) is 11.7 Å². The number of aromatic nitrogens is 5. The quantitative estimate of drug-likeness (QED) is 0.857. The van der Waals surface area contributed by atoms with Crippen molar-refractivity contribution >= 4 is 5.91 Å². The molecule has 0 radical (unpaired) electrons. The summed E-state index contributed by atoms with van der Waals surface area (Å²) >= 11 is 0. The van der Waals surface area contributed by atoms with Gasteiger partial charge in [-0.1, -0.05) is 11.6 Å². The van der Waals surface area contributed by atoms with Crippen molar-refractivity contribution in [2.24, 2.45) is 7.05 Å². The zero-order valence-corrected chi connectivity index (χ0v) is 12.6. The van der Waals surface area contributed by atoms with Crippen LogP contribution < -0.4 is 5.69 Å². The van der Waals surface area contributed by atoms with E-state index in [1.807, 2.05) is 6.92 Å². The van der Waals surface area contributed by atoms with E-state index >= 15 is 0 Å². The first-order valence-electron chi connectivity index (χ1n) is 7.33. The maximum absolute atomic E-state index is 12.3. The van der Waals surface area contributed by atoms with Crippen LogP contribution in [0.4, 0.5) is 0 Å². The standard InChI is InChI=1S/C13H18N6O3/c1-3-19(12(20)10-15-13(21)18(2)16-10)7-9-14-11(22-17-9)8-5-4-6-8/h8H,3-7H2,1-2H3,(H,15,16,21). The van der Waals surface area contributed by atoms with Gasteiger partial charge in [-0.25, -0.2) is 9.48 Å². The van der Waals surface area contributed by atoms with Crippen LogP contribution in [-0.2, 0) is 13.6 Å². The third-order valence-electron chi connectivity index (χ3n) is 3.91. The van der Waals surface area contributed by atoms with Gasteiger partial charge in [0, 0.05) is 19.5 Å². The van der Waals surface area contributed by atoms with Gasteiger partial charge in [-0.05, 0) is 19.8 Å². The van der Waals surface area contributed by atoms with Crippen LogP contribution in [0.3, 0.4) is 0 Å². The Morgan fingerprint density at radius 3 is 2.82 bits per heavy atom. The lowest BCUT2D eigenvalue weighted by Gasteiger charge is -2.20. The first-order valence-corrected chi connectivity index (χ1v) is 7.33. The molecule has 0 bridgehead atoms. The molecule has 2 aromatic heterocycles. The lowest BCUT2D eigenvalue weighted by Crippen LogP contribution is -2.31. The van der Waals surface area contributed by atoms with Crippen molar-refractivity contribution < 1.29 is 9.32 Å². The summed E-state index contributed by atoms with van der Waals surface area (Å²) in [6.45, 7) is 2.51. The molecule has 1 fully saturated rings. The van der Waals surface area contributed by atoms with Gasteiger partial charge in [0.05, 0.1) is 6.54 Å². The van der Waals surface area contributed by atoms with E-state index in [1.54, 1.807) is 0 Å². The Bertz CT molecular complexity index is 726. The summed E-state index contributed by atoms with van der Waals surface area (Å²) in [5.74, 6) is 1.12. The van der Waals surface area contributed by atoms with Crippen LogP contribution in [0.1, 0.15) is 54.4 Å². The predicted octanol–water partition coefficient (Wildman–Crippen LogP) is 0.421. The molecular weight excluding hydrogens is 288 g/mol. The normalized spacial score (nSPS) is 14.8. The van der Waals surface area contributed by atoms with Crippen molar-refractivity contribution in [3.63, 3.8) is 0 Å². The summed E-state index contributed by atoms with van der Waals surface area (Å²) in [6, 6.07) is 0. The molecule has 1 amide bonds. The van der Waals surface area contributed by atoms with Gasteiger partial charge in [0.1, 0.15) is 0 Å². The molecule has 0 saturated heterocycles. The lowest BCUT2D eigenvalue weighted by atomic mass is 9.85. The van der Waals surface area contributed by atoms with Gasteiger partial charge >= 0.3 is 5.69 Å². The monoisotopic (exact) mass is 306 g/mol. The van der Waals surface area contributed by atoms with Crippen LogP contribution in [0.15, 0.2) is 9.32 Å². The molecule has 0 unspecified atom stereocenters. The number of aryl methyl sites for hydroxylation is 1. The fourth-order valence-corrected chi connectivity index (χ4v) is 2.30. The van der Waals surface area contributed by atoms with Gasteiger partial charge in [-0.2, -0.15) is 4.98 Å². The Hall–Kier alpha value is -2.45. The summed E-state index contributed by atoms with van der Waals surface area (Å²) in [6.07, 6.45) is 3.34. The number of hydrogen-bond acceptors (Lipinski definition) is 6. The molecule has 1 aliphatic carbocycles. The van der Waals surface area contributed by atoms with Gasteiger partial charge in [-0.15, -0.1) is 5.10 Å². The molecule has 0 spiro atoms. The van der Waals surface area contributed by atoms with Gasteiger partial charge in [0.15, 0.2) is 5.82 Å². The zero-order chi connectivity index (χ0) is 15.7. The molecule has 1 N–H and O–H groups in total. The molecule has 0 aliphatic heterocycles. The number of nitrogens with zero attached hydrogens (tertiary/aromatic N) is 5. The number of carbonyl (C=O) groups excluding carboxylic acids is 1. The summed E-state index contributed by atoms with van der Waals surface area (Å²) in [5, 5.41) is 7.80. The van der Waals surface area contributed by atoms with Crippen LogP contribution in [0.2, 0.25) is 0 Å². The number of rotatable bonds is 5. The fourth-order valence-electron chi connectivity index (χ4n) is 2.30. The van der Waals surface area contributed by atoms with E-state index in [2.05, 4.69) is 20.2 Å². The molecule has 22 heavy (non-hydrogen) atoms. The number of carbonyl (C=O) groups is 1. The highest BCUT2D eigenvalue weighted by atomic mass is 16.5. The van der Waals surface area contributed by atoms with Crippen molar-refractivity contribution in [2.75, 3.05) is 6.54 Å². The third-order valence-corrected chi connectivity index (χ3v) is 3.91. The average Bonchev–Trinajstić information content (AvgIpc) is 3.01. The topological polar surface area (TPSA) is 110 Å². The molecule has 2 heterocycles. The van der Waals surface area contributed by atoms with E-state index in [1.165, 1.54) is 18.4 Å². The second-order valence-corrected chi connectivity index (χ2v) is 5.40. The number of aromatic amines is 1. The largest absolute Gasteiger partial charge is 0.343 e. The molecule has 9 nitrogen and oxygen atoms in total. The van der Waals surface area contributed by atoms with E-state index in [-0.39, 0.29) is 18.3 Å². The molecule has 3 rings (SSSR count). The minimum absolute atomic E-state index is 0.0112. The van der Waals surface area contributed by atoms with E-state index in [4.69, 9.17) is 4.52 Å². The SMILES string of the molecule is CCN(Cc1noc(C2CCC2)n1)C(=O)c1nn(C)c(=O)[nH]1. The average molecular weight is 306 g/mol. The van der Waals surface area contributed by atoms with E-state index < -0.39 is 5.69 Å². The number of H-pyrrole nitrogens is 1. The summed E-state index contributed by atoms with van der Waals surface area (Å²) in [7, 11) is 1.48. The van der Waals surface area contributed by atoms with Gasteiger partial charge < -0.3 is 9.42 Å². The number of hydrogen-bond donors (Lipinski definition) is 1. The van der Waals surface area contributed by atoms with Crippen molar-refractivity contribution in [3.05, 3.63) is 28.0 Å². The minimum atomic E-state index is -0.425. The third kappa shape index (κ3) is 2.66. The fraction of sp³-hybridized carbons (Fsp3) is 0.615. The predicted molar refractivity (Wildman–Crippen MR) is 75.1 cm³/mol. The van der Waals surface area contributed by atoms with E-state index in [0.29, 0.717) is 24.2 Å². The molecular formula is C13H18N6O3. The van der Waals surface area contributed by atoms with Crippen molar-refractivity contribution in [2.45, 2.75) is 38.6 Å². The molecule has 0 aromatic carbocycles. The maximum atomic E-state index is 12.3. The van der Waals surface area contributed by atoms with Crippen LogP contribution in [-0.4, -0.2) is 42.3 Å². The van der Waals surface area contributed by atoms with Crippen molar-refractivity contribution in [3.8, 4) is 0 Å². The van der Waals surface area contributed by atoms with Crippen LogP contribution in [0, 0.1) is 0 Å². The number of nitrogens with one attached hydrogen (secondary N) is 1. The summed E-state index contributed by atoms with van der Waals surface area (Å²) in [4.78, 5) is 32.0. The molecule has 2 aromatic rings. The molecule has 1 aliphatic rings. The lowest BCUT2D eigenvalue weighted by molar-refractivity contribution is 0.0734.